The second kappa shape index (κ2) is 5.05. The number of hydrogen-bond acceptors (Lipinski definition) is 4. The summed E-state index contributed by atoms with van der Waals surface area (Å²) in [6, 6.07) is 0. The van der Waals surface area contributed by atoms with Crippen molar-refractivity contribution in [2.24, 2.45) is 0 Å². The summed E-state index contributed by atoms with van der Waals surface area (Å²) in [6.45, 7) is 1.86. The number of rotatable bonds is 2. The van der Waals surface area contributed by atoms with Crippen LogP contribution >= 0.6 is 23.7 Å². The lowest BCUT2D eigenvalue weighted by molar-refractivity contribution is 0.671. The van der Waals surface area contributed by atoms with Crippen LogP contribution in [0.5, 0.6) is 0 Å². The van der Waals surface area contributed by atoms with Gasteiger partial charge in [-0.15, -0.1) is 23.7 Å². The highest BCUT2D eigenvalue weighted by molar-refractivity contribution is 7.87. The van der Waals surface area contributed by atoms with Gasteiger partial charge in [0.25, 0.3) is 0 Å². The number of thiazole rings is 1. The molecule has 2 rings (SSSR count). The van der Waals surface area contributed by atoms with Crippen molar-refractivity contribution in [1.29, 1.82) is 0 Å². The van der Waals surface area contributed by atoms with Crippen LogP contribution in [0.2, 0.25) is 0 Å². The zero-order chi connectivity index (χ0) is 8.39. The van der Waals surface area contributed by atoms with Crippen LogP contribution in [-0.4, -0.2) is 27.5 Å². The van der Waals surface area contributed by atoms with E-state index in [1.165, 1.54) is 11.3 Å². The Morgan fingerprint density at radius 3 is 3.08 bits per heavy atom. The molecule has 1 aliphatic heterocycles. The standard InChI is InChI=1S/C7H10N2OS2.ClH/c10-12(6-1-2-8-5-6)7-9-3-4-11-7;/h3-4,6,8H,1-2,5H2;1H. The maximum Gasteiger partial charge on any atom is 0.180 e. The Kier molecular flexibility index (Phi) is 4.31. The van der Waals surface area contributed by atoms with Gasteiger partial charge in [-0.3, -0.25) is 4.21 Å². The predicted octanol–water partition coefficient (Wildman–Crippen LogP) is 1.03. The molecule has 0 radical (unpaired) electrons. The summed E-state index contributed by atoms with van der Waals surface area (Å²) in [5.41, 5.74) is 0. The average molecular weight is 239 g/mol. The Balaban J connectivity index is 0.000000845. The molecule has 0 aromatic carbocycles. The summed E-state index contributed by atoms with van der Waals surface area (Å²) in [7, 11) is -0.883. The van der Waals surface area contributed by atoms with E-state index < -0.39 is 10.8 Å². The van der Waals surface area contributed by atoms with Crippen LogP contribution in [0.3, 0.4) is 0 Å². The molecule has 3 nitrogen and oxygen atoms in total. The molecule has 6 heteroatoms. The molecule has 1 saturated heterocycles. The van der Waals surface area contributed by atoms with Crippen molar-refractivity contribution in [2.45, 2.75) is 16.0 Å². The topological polar surface area (TPSA) is 42.0 Å². The van der Waals surface area contributed by atoms with Crippen molar-refractivity contribution in [1.82, 2.24) is 10.3 Å². The van der Waals surface area contributed by atoms with Crippen LogP contribution in [0, 0.1) is 0 Å². The summed E-state index contributed by atoms with van der Waals surface area (Å²) in [5.74, 6) is 0. The first-order chi connectivity index (χ1) is 5.88. The van der Waals surface area contributed by atoms with Gasteiger partial charge in [-0.05, 0) is 13.0 Å². The lowest BCUT2D eigenvalue weighted by atomic mass is 10.4. The first kappa shape index (κ1) is 11.1. The molecule has 1 aromatic heterocycles. The number of halogens is 1. The summed E-state index contributed by atoms with van der Waals surface area (Å²) in [4.78, 5) is 4.05. The van der Waals surface area contributed by atoms with Gasteiger partial charge in [-0.25, -0.2) is 4.98 Å². The highest BCUT2D eigenvalue weighted by Crippen LogP contribution is 2.17. The number of nitrogens with one attached hydrogen (secondary N) is 1. The summed E-state index contributed by atoms with van der Waals surface area (Å²) >= 11 is 1.48. The van der Waals surface area contributed by atoms with E-state index in [4.69, 9.17) is 0 Å². The number of nitrogens with zero attached hydrogens (tertiary/aromatic N) is 1. The van der Waals surface area contributed by atoms with Crippen molar-refractivity contribution in [3.8, 4) is 0 Å². The lowest BCUT2D eigenvalue weighted by Crippen LogP contribution is -2.18. The predicted molar refractivity (Wildman–Crippen MR) is 57.0 cm³/mol. The molecule has 2 atom stereocenters. The Morgan fingerprint density at radius 2 is 2.54 bits per heavy atom. The molecule has 2 heterocycles. The zero-order valence-electron chi connectivity index (χ0n) is 6.93. The van der Waals surface area contributed by atoms with E-state index in [-0.39, 0.29) is 17.7 Å². The van der Waals surface area contributed by atoms with Crippen LogP contribution in [0.15, 0.2) is 15.9 Å². The fourth-order valence-electron chi connectivity index (χ4n) is 1.26. The third kappa shape index (κ3) is 2.49. The Bertz CT molecular complexity index is 272. The molecule has 0 spiro atoms. The van der Waals surface area contributed by atoms with Gasteiger partial charge in [-0.2, -0.15) is 0 Å². The smallest absolute Gasteiger partial charge is 0.180 e. The quantitative estimate of drug-likeness (QED) is 0.837. The minimum Gasteiger partial charge on any atom is -0.315 e. The van der Waals surface area contributed by atoms with Crippen molar-refractivity contribution in [2.75, 3.05) is 13.1 Å². The highest BCUT2D eigenvalue weighted by Gasteiger charge is 2.23. The van der Waals surface area contributed by atoms with E-state index in [2.05, 4.69) is 10.3 Å². The van der Waals surface area contributed by atoms with Crippen LogP contribution in [0.25, 0.3) is 0 Å². The second-order valence-corrected chi connectivity index (χ2v) is 5.51. The maximum absolute atomic E-state index is 11.7. The molecule has 2 unspecified atom stereocenters. The van der Waals surface area contributed by atoms with Crippen molar-refractivity contribution in [3.63, 3.8) is 0 Å². The maximum atomic E-state index is 11.7. The molecule has 1 fully saturated rings. The minimum absolute atomic E-state index is 0. The van der Waals surface area contributed by atoms with E-state index in [0.29, 0.717) is 0 Å². The minimum atomic E-state index is -0.883. The van der Waals surface area contributed by atoms with E-state index in [1.54, 1.807) is 6.20 Å². The second-order valence-electron chi connectivity index (χ2n) is 2.71. The lowest BCUT2D eigenvalue weighted by Gasteiger charge is -2.03. The van der Waals surface area contributed by atoms with E-state index in [1.807, 2.05) is 5.38 Å². The summed E-state index contributed by atoms with van der Waals surface area (Å²) < 4.78 is 12.5. The number of hydrogen-bond donors (Lipinski definition) is 1. The molecule has 1 aromatic rings. The summed E-state index contributed by atoms with van der Waals surface area (Å²) in [5, 5.41) is 5.34. The molecule has 0 aliphatic carbocycles. The van der Waals surface area contributed by atoms with Gasteiger partial charge in [-0.1, -0.05) is 0 Å². The van der Waals surface area contributed by atoms with Crippen LogP contribution in [0.4, 0.5) is 0 Å². The normalized spacial score (nSPS) is 23.8. The van der Waals surface area contributed by atoms with Crippen LogP contribution < -0.4 is 5.32 Å². The Labute approximate surface area is 89.8 Å². The third-order valence-corrected chi connectivity index (χ3v) is 4.70. The van der Waals surface area contributed by atoms with Crippen LogP contribution in [-0.2, 0) is 10.8 Å². The molecule has 74 valence electrons. The fraction of sp³-hybridized carbons (Fsp3) is 0.571. The largest absolute Gasteiger partial charge is 0.315 e. The van der Waals surface area contributed by atoms with Gasteiger partial charge in [0.15, 0.2) is 4.34 Å². The van der Waals surface area contributed by atoms with Gasteiger partial charge in [0.1, 0.15) is 0 Å². The first-order valence-electron chi connectivity index (χ1n) is 3.89. The molecule has 1 N–H and O–H groups in total. The number of aromatic nitrogens is 1. The van der Waals surface area contributed by atoms with E-state index in [9.17, 15) is 4.21 Å². The van der Waals surface area contributed by atoms with Gasteiger partial charge >= 0.3 is 0 Å². The Hall–Kier alpha value is 0.0300. The molecule has 13 heavy (non-hydrogen) atoms. The van der Waals surface area contributed by atoms with E-state index in [0.717, 1.165) is 23.8 Å². The molecule has 1 aliphatic rings. The van der Waals surface area contributed by atoms with Crippen molar-refractivity contribution < 1.29 is 4.21 Å². The average Bonchev–Trinajstić information content (AvgIpc) is 2.77. The van der Waals surface area contributed by atoms with Gasteiger partial charge < -0.3 is 5.32 Å². The summed E-state index contributed by atoms with van der Waals surface area (Å²) in [6.07, 6.45) is 2.71. The SMILES string of the molecule is Cl.O=S(c1nccs1)C1CCNC1. The first-order valence-corrected chi connectivity index (χ1v) is 5.98. The van der Waals surface area contributed by atoms with E-state index >= 15 is 0 Å². The highest BCUT2D eigenvalue weighted by atomic mass is 35.5. The molecule has 0 bridgehead atoms. The van der Waals surface area contributed by atoms with Crippen molar-refractivity contribution >= 4 is 34.5 Å². The molecule has 0 saturated carbocycles. The van der Waals surface area contributed by atoms with Crippen LogP contribution in [0.1, 0.15) is 6.42 Å². The van der Waals surface area contributed by atoms with Gasteiger partial charge in [0.05, 0.1) is 16.0 Å². The fourth-order valence-corrected chi connectivity index (χ4v) is 3.63. The van der Waals surface area contributed by atoms with Gasteiger partial charge in [0, 0.05) is 18.1 Å². The Morgan fingerprint density at radius 1 is 1.69 bits per heavy atom. The molecular formula is C7H11ClN2OS2. The van der Waals surface area contributed by atoms with Gasteiger partial charge in [0.2, 0.25) is 0 Å². The zero-order valence-corrected chi connectivity index (χ0v) is 9.38. The third-order valence-electron chi connectivity index (χ3n) is 1.90. The van der Waals surface area contributed by atoms with Crippen molar-refractivity contribution in [3.05, 3.63) is 11.6 Å². The molecular weight excluding hydrogens is 228 g/mol. The molecule has 0 amide bonds. The monoisotopic (exact) mass is 238 g/mol.